The SMILES string of the molecule is CC(C)C(CCOc1ccc(Br)cc1)C(C)N. The Morgan fingerprint density at radius 1 is 1.18 bits per heavy atom. The molecule has 0 aliphatic heterocycles. The molecule has 0 radical (unpaired) electrons. The van der Waals surface area contributed by atoms with Crippen LogP contribution >= 0.6 is 15.9 Å². The van der Waals surface area contributed by atoms with Gasteiger partial charge in [-0.05, 0) is 49.4 Å². The molecule has 2 N–H and O–H groups in total. The van der Waals surface area contributed by atoms with E-state index < -0.39 is 0 Å². The third-order valence-electron chi connectivity index (χ3n) is 3.07. The standard InChI is InChI=1S/C14H22BrNO/c1-10(2)14(11(3)16)8-9-17-13-6-4-12(15)5-7-13/h4-7,10-11,14H,8-9,16H2,1-3H3. The summed E-state index contributed by atoms with van der Waals surface area (Å²) in [5.74, 6) is 2.04. The highest BCUT2D eigenvalue weighted by molar-refractivity contribution is 9.10. The van der Waals surface area contributed by atoms with Crippen LogP contribution in [0.2, 0.25) is 0 Å². The molecule has 1 aromatic carbocycles. The molecule has 0 spiro atoms. The highest BCUT2D eigenvalue weighted by atomic mass is 79.9. The van der Waals surface area contributed by atoms with Crippen LogP contribution in [0.15, 0.2) is 28.7 Å². The molecule has 2 nitrogen and oxygen atoms in total. The maximum Gasteiger partial charge on any atom is 0.119 e. The molecule has 0 heterocycles. The molecule has 0 aromatic heterocycles. The van der Waals surface area contributed by atoms with Crippen LogP contribution in [0.25, 0.3) is 0 Å². The Labute approximate surface area is 113 Å². The van der Waals surface area contributed by atoms with Gasteiger partial charge in [0.15, 0.2) is 0 Å². The second-order valence-electron chi connectivity index (χ2n) is 4.86. The monoisotopic (exact) mass is 299 g/mol. The zero-order chi connectivity index (χ0) is 12.8. The predicted molar refractivity (Wildman–Crippen MR) is 76.2 cm³/mol. The molecule has 17 heavy (non-hydrogen) atoms. The highest BCUT2D eigenvalue weighted by Gasteiger charge is 2.17. The van der Waals surface area contributed by atoms with Gasteiger partial charge in [0.1, 0.15) is 5.75 Å². The minimum atomic E-state index is 0.225. The second-order valence-corrected chi connectivity index (χ2v) is 5.77. The molecule has 2 unspecified atom stereocenters. The number of hydrogen-bond acceptors (Lipinski definition) is 2. The van der Waals surface area contributed by atoms with Gasteiger partial charge in [0.2, 0.25) is 0 Å². The lowest BCUT2D eigenvalue weighted by Gasteiger charge is -2.24. The Bertz CT molecular complexity index is 313. The largest absolute Gasteiger partial charge is 0.494 e. The Morgan fingerprint density at radius 2 is 1.76 bits per heavy atom. The minimum absolute atomic E-state index is 0.225. The summed E-state index contributed by atoms with van der Waals surface area (Å²) in [5.41, 5.74) is 5.98. The van der Waals surface area contributed by atoms with Crippen molar-refractivity contribution < 1.29 is 4.74 Å². The summed E-state index contributed by atoms with van der Waals surface area (Å²) in [6, 6.07) is 8.14. The molecule has 96 valence electrons. The fourth-order valence-electron chi connectivity index (χ4n) is 2.05. The maximum atomic E-state index is 5.98. The van der Waals surface area contributed by atoms with E-state index in [4.69, 9.17) is 10.5 Å². The lowest BCUT2D eigenvalue weighted by atomic mass is 9.87. The first-order valence-electron chi connectivity index (χ1n) is 6.14. The van der Waals surface area contributed by atoms with Crippen LogP contribution in [0.5, 0.6) is 5.75 Å². The summed E-state index contributed by atoms with van der Waals surface area (Å²) in [6.07, 6.45) is 1.01. The van der Waals surface area contributed by atoms with E-state index >= 15 is 0 Å². The van der Waals surface area contributed by atoms with Gasteiger partial charge in [-0.25, -0.2) is 0 Å². The number of benzene rings is 1. The van der Waals surface area contributed by atoms with E-state index in [2.05, 4.69) is 36.7 Å². The fraction of sp³-hybridized carbons (Fsp3) is 0.571. The molecule has 1 aromatic rings. The number of ether oxygens (including phenoxy) is 1. The molecule has 0 aliphatic rings. The van der Waals surface area contributed by atoms with Gasteiger partial charge in [0.25, 0.3) is 0 Å². The van der Waals surface area contributed by atoms with Crippen LogP contribution in [0.3, 0.4) is 0 Å². The normalized spacial score (nSPS) is 14.7. The summed E-state index contributed by atoms with van der Waals surface area (Å²) >= 11 is 3.40. The van der Waals surface area contributed by atoms with Gasteiger partial charge in [-0.1, -0.05) is 29.8 Å². The van der Waals surface area contributed by atoms with Crippen LogP contribution in [-0.2, 0) is 0 Å². The summed E-state index contributed by atoms with van der Waals surface area (Å²) in [5, 5.41) is 0. The van der Waals surface area contributed by atoms with E-state index in [-0.39, 0.29) is 6.04 Å². The van der Waals surface area contributed by atoms with E-state index in [1.807, 2.05) is 24.3 Å². The van der Waals surface area contributed by atoms with Gasteiger partial charge in [-0.3, -0.25) is 0 Å². The molecule has 0 aliphatic carbocycles. The summed E-state index contributed by atoms with van der Waals surface area (Å²) in [4.78, 5) is 0. The summed E-state index contributed by atoms with van der Waals surface area (Å²) < 4.78 is 6.79. The summed E-state index contributed by atoms with van der Waals surface area (Å²) in [6.45, 7) is 7.23. The van der Waals surface area contributed by atoms with Crippen molar-refractivity contribution in [1.82, 2.24) is 0 Å². The van der Waals surface area contributed by atoms with Crippen LogP contribution in [0.1, 0.15) is 27.2 Å². The molecular formula is C14H22BrNO. The van der Waals surface area contributed by atoms with Crippen LogP contribution < -0.4 is 10.5 Å². The van der Waals surface area contributed by atoms with Crippen LogP contribution in [-0.4, -0.2) is 12.6 Å². The molecule has 0 bridgehead atoms. The Kier molecular flexibility index (Phi) is 6.00. The molecule has 0 saturated heterocycles. The third kappa shape index (κ3) is 5.09. The van der Waals surface area contributed by atoms with Crippen molar-refractivity contribution in [2.75, 3.05) is 6.61 Å². The van der Waals surface area contributed by atoms with E-state index in [1.54, 1.807) is 0 Å². The quantitative estimate of drug-likeness (QED) is 0.866. The van der Waals surface area contributed by atoms with Gasteiger partial charge in [-0.2, -0.15) is 0 Å². The lowest BCUT2D eigenvalue weighted by molar-refractivity contribution is 0.229. The van der Waals surface area contributed by atoms with Crippen molar-refractivity contribution in [3.05, 3.63) is 28.7 Å². The van der Waals surface area contributed by atoms with Crippen molar-refractivity contribution in [1.29, 1.82) is 0 Å². The van der Waals surface area contributed by atoms with Crippen LogP contribution in [0, 0.1) is 11.8 Å². The zero-order valence-electron chi connectivity index (χ0n) is 10.8. The number of hydrogen-bond donors (Lipinski definition) is 1. The predicted octanol–water partition coefficient (Wildman–Crippen LogP) is 3.84. The van der Waals surface area contributed by atoms with E-state index in [1.165, 1.54) is 0 Å². The topological polar surface area (TPSA) is 35.2 Å². The molecule has 0 fully saturated rings. The van der Waals surface area contributed by atoms with Gasteiger partial charge in [0.05, 0.1) is 6.61 Å². The van der Waals surface area contributed by atoms with Gasteiger partial charge < -0.3 is 10.5 Å². The van der Waals surface area contributed by atoms with Crippen LogP contribution in [0.4, 0.5) is 0 Å². The average molecular weight is 300 g/mol. The van der Waals surface area contributed by atoms with E-state index in [9.17, 15) is 0 Å². The lowest BCUT2D eigenvalue weighted by Crippen LogP contribution is -2.31. The number of halogens is 1. The van der Waals surface area contributed by atoms with Crippen molar-refractivity contribution in [2.24, 2.45) is 17.6 Å². The third-order valence-corrected chi connectivity index (χ3v) is 3.59. The van der Waals surface area contributed by atoms with E-state index in [0.29, 0.717) is 11.8 Å². The average Bonchev–Trinajstić information content (AvgIpc) is 2.25. The highest BCUT2D eigenvalue weighted by Crippen LogP contribution is 2.20. The first-order valence-corrected chi connectivity index (χ1v) is 6.94. The minimum Gasteiger partial charge on any atom is -0.494 e. The second kappa shape index (κ2) is 7.02. The summed E-state index contributed by atoms with van der Waals surface area (Å²) in [7, 11) is 0. The molecule has 0 amide bonds. The maximum absolute atomic E-state index is 5.98. The number of nitrogens with two attached hydrogens (primary N) is 1. The van der Waals surface area contributed by atoms with Gasteiger partial charge >= 0.3 is 0 Å². The Hall–Kier alpha value is -0.540. The Morgan fingerprint density at radius 3 is 2.24 bits per heavy atom. The first kappa shape index (κ1) is 14.5. The zero-order valence-corrected chi connectivity index (χ0v) is 12.4. The molecule has 2 atom stereocenters. The van der Waals surface area contributed by atoms with Crippen molar-refractivity contribution in [3.63, 3.8) is 0 Å². The van der Waals surface area contributed by atoms with Gasteiger partial charge in [0, 0.05) is 10.5 Å². The van der Waals surface area contributed by atoms with Crippen molar-refractivity contribution >= 4 is 15.9 Å². The van der Waals surface area contributed by atoms with Crippen molar-refractivity contribution in [2.45, 2.75) is 33.2 Å². The van der Waals surface area contributed by atoms with Gasteiger partial charge in [-0.15, -0.1) is 0 Å². The smallest absolute Gasteiger partial charge is 0.119 e. The van der Waals surface area contributed by atoms with E-state index in [0.717, 1.165) is 23.2 Å². The fourth-order valence-corrected chi connectivity index (χ4v) is 2.31. The molecule has 3 heteroatoms. The molecule has 1 rings (SSSR count). The molecule has 0 saturated carbocycles. The van der Waals surface area contributed by atoms with Crippen molar-refractivity contribution in [3.8, 4) is 5.75 Å². The molecular weight excluding hydrogens is 278 g/mol. The Balaban J connectivity index is 2.38. The first-order chi connectivity index (χ1) is 8.00. The number of rotatable bonds is 6.